The Morgan fingerprint density at radius 2 is 2.12 bits per heavy atom. The fourth-order valence-electron chi connectivity index (χ4n) is 2.71. The number of hydrogen-bond donors (Lipinski definition) is 1. The van der Waals surface area contributed by atoms with Gasteiger partial charge in [-0.25, -0.2) is 4.79 Å². The number of benzene rings is 1. The minimum absolute atomic E-state index is 0.0473. The van der Waals surface area contributed by atoms with Crippen molar-refractivity contribution in [3.8, 4) is 5.75 Å². The topological polar surface area (TPSA) is 81.7 Å². The number of ether oxygens (including phenoxy) is 2. The van der Waals surface area contributed by atoms with Crippen LogP contribution in [-0.4, -0.2) is 30.4 Å². The highest BCUT2D eigenvalue weighted by molar-refractivity contribution is 7.14. The Kier molecular flexibility index (Phi) is 5.08. The highest BCUT2D eigenvalue weighted by atomic mass is 32.1. The van der Waals surface area contributed by atoms with Gasteiger partial charge in [0.2, 0.25) is 5.78 Å². The van der Waals surface area contributed by atoms with Gasteiger partial charge >= 0.3 is 5.97 Å². The highest BCUT2D eigenvalue weighted by Crippen LogP contribution is 2.29. The molecule has 1 N–H and O–H groups in total. The van der Waals surface area contributed by atoms with Crippen molar-refractivity contribution in [2.75, 3.05) is 11.9 Å². The van der Waals surface area contributed by atoms with E-state index in [1.54, 1.807) is 12.1 Å². The summed E-state index contributed by atoms with van der Waals surface area (Å²) in [7, 11) is 0. The molecule has 1 aliphatic rings. The molecule has 1 amide bonds. The minimum atomic E-state index is -0.937. The molecule has 7 heteroatoms. The van der Waals surface area contributed by atoms with Crippen LogP contribution in [-0.2, 0) is 16.0 Å². The van der Waals surface area contributed by atoms with Gasteiger partial charge in [0.25, 0.3) is 5.91 Å². The molecule has 1 aromatic carbocycles. The van der Waals surface area contributed by atoms with Gasteiger partial charge in [-0.05, 0) is 50.1 Å². The number of nitrogens with one attached hydrogen (secondary N) is 1. The normalized spacial score (nSPS) is 14.0. The summed E-state index contributed by atoms with van der Waals surface area (Å²) in [5, 5.41) is 2.65. The molecule has 0 radical (unpaired) electrons. The summed E-state index contributed by atoms with van der Waals surface area (Å²) in [5.74, 6) is -0.619. The number of aryl methyl sites for hydroxylation is 2. The number of fused-ring (bicyclic) bond motifs is 1. The number of ketones is 1. The predicted molar refractivity (Wildman–Crippen MR) is 98.2 cm³/mol. The molecule has 1 unspecified atom stereocenters. The maximum absolute atomic E-state index is 12.6. The average molecular weight is 373 g/mol. The molecular formula is C19H19NO5S. The number of carbonyl (C=O) groups is 3. The van der Waals surface area contributed by atoms with Crippen molar-refractivity contribution < 1.29 is 23.9 Å². The van der Waals surface area contributed by atoms with E-state index in [2.05, 4.69) is 5.32 Å². The van der Waals surface area contributed by atoms with E-state index in [9.17, 15) is 14.4 Å². The van der Waals surface area contributed by atoms with Crippen LogP contribution in [0.3, 0.4) is 0 Å². The number of hydrogen-bond acceptors (Lipinski definition) is 6. The third-order valence-corrected chi connectivity index (χ3v) is 5.23. The molecule has 1 aliphatic heterocycles. The van der Waals surface area contributed by atoms with Crippen LogP contribution in [0.2, 0.25) is 0 Å². The molecule has 6 nitrogen and oxygen atoms in total. The van der Waals surface area contributed by atoms with Crippen LogP contribution >= 0.6 is 11.3 Å². The largest absolute Gasteiger partial charge is 0.482 e. The summed E-state index contributed by atoms with van der Waals surface area (Å²) in [6.45, 7) is 5.47. The van der Waals surface area contributed by atoms with E-state index in [0.29, 0.717) is 21.9 Å². The molecule has 0 bridgehead atoms. The maximum Gasteiger partial charge on any atom is 0.349 e. The zero-order valence-electron chi connectivity index (χ0n) is 14.8. The van der Waals surface area contributed by atoms with Crippen LogP contribution in [0.5, 0.6) is 5.75 Å². The number of Topliss-reactive ketones (excluding diaryl/α,β-unsaturated/α-hetero) is 1. The standard InChI is InChI=1S/C19H19NO5S/c1-4-12-8-16(26-11(12)3)19(23)25-10(2)18(22)13-5-6-15-14(7-13)20-17(21)9-24-15/h5-8,10H,4,9H2,1-3H3,(H,20,21). The third kappa shape index (κ3) is 3.62. The summed E-state index contributed by atoms with van der Waals surface area (Å²) < 4.78 is 10.6. The van der Waals surface area contributed by atoms with Crippen molar-refractivity contribution in [1.82, 2.24) is 0 Å². The second kappa shape index (κ2) is 7.29. The zero-order chi connectivity index (χ0) is 18.8. The lowest BCUT2D eigenvalue weighted by Gasteiger charge is -2.19. The maximum atomic E-state index is 12.6. The van der Waals surface area contributed by atoms with E-state index in [0.717, 1.165) is 16.9 Å². The summed E-state index contributed by atoms with van der Waals surface area (Å²) >= 11 is 1.37. The quantitative estimate of drug-likeness (QED) is 0.642. The third-order valence-electron chi connectivity index (χ3n) is 4.15. The van der Waals surface area contributed by atoms with Gasteiger partial charge in [0.05, 0.1) is 5.69 Å². The van der Waals surface area contributed by atoms with Crippen LogP contribution in [0.25, 0.3) is 0 Å². The Bertz CT molecular complexity index is 886. The molecule has 0 fully saturated rings. The van der Waals surface area contributed by atoms with E-state index >= 15 is 0 Å². The van der Waals surface area contributed by atoms with Gasteiger partial charge in [-0.3, -0.25) is 9.59 Å². The molecule has 2 heterocycles. The summed E-state index contributed by atoms with van der Waals surface area (Å²) in [6, 6.07) is 6.55. The van der Waals surface area contributed by atoms with Crippen molar-refractivity contribution in [1.29, 1.82) is 0 Å². The molecule has 0 saturated heterocycles. The van der Waals surface area contributed by atoms with Crippen molar-refractivity contribution in [2.45, 2.75) is 33.3 Å². The predicted octanol–water partition coefficient (Wildman–Crippen LogP) is 3.38. The summed E-state index contributed by atoms with van der Waals surface area (Å²) in [6.07, 6.45) is -0.0965. The van der Waals surface area contributed by atoms with Crippen molar-refractivity contribution in [2.24, 2.45) is 0 Å². The van der Waals surface area contributed by atoms with E-state index < -0.39 is 12.1 Å². The Balaban J connectivity index is 1.72. The smallest absolute Gasteiger partial charge is 0.349 e. The van der Waals surface area contributed by atoms with Crippen molar-refractivity contribution >= 4 is 34.7 Å². The van der Waals surface area contributed by atoms with E-state index in [-0.39, 0.29) is 18.3 Å². The number of rotatable bonds is 5. The second-order valence-electron chi connectivity index (χ2n) is 6.01. The summed E-state index contributed by atoms with van der Waals surface area (Å²) in [4.78, 5) is 37.9. The van der Waals surface area contributed by atoms with Gasteiger partial charge in [-0.15, -0.1) is 11.3 Å². The Labute approximate surface area is 155 Å². The van der Waals surface area contributed by atoms with Crippen LogP contribution in [0.1, 0.15) is 44.3 Å². The Morgan fingerprint density at radius 3 is 2.81 bits per heavy atom. The van der Waals surface area contributed by atoms with E-state index in [1.165, 1.54) is 24.3 Å². The number of thiophene rings is 1. The lowest BCUT2D eigenvalue weighted by molar-refractivity contribution is -0.118. The number of anilines is 1. The fourth-order valence-corrected chi connectivity index (χ4v) is 3.71. The summed E-state index contributed by atoms with van der Waals surface area (Å²) in [5.41, 5.74) is 1.88. The lowest BCUT2D eigenvalue weighted by atomic mass is 10.1. The Morgan fingerprint density at radius 1 is 1.35 bits per heavy atom. The molecular weight excluding hydrogens is 354 g/mol. The molecule has 0 spiro atoms. The highest BCUT2D eigenvalue weighted by Gasteiger charge is 2.24. The van der Waals surface area contributed by atoms with E-state index in [4.69, 9.17) is 9.47 Å². The monoisotopic (exact) mass is 373 g/mol. The van der Waals surface area contributed by atoms with Crippen LogP contribution in [0, 0.1) is 6.92 Å². The number of carbonyl (C=O) groups excluding carboxylic acids is 3. The van der Waals surface area contributed by atoms with Gasteiger partial charge < -0.3 is 14.8 Å². The van der Waals surface area contributed by atoms with Gasteiger partial charge in [0.1, 0.15) is 10.6 Å². The first-order chi connectivity index (χ1) is 12.4. The number of amides is 1. The Hall–Kier alpha value is -2.67. The van der Waals surface area contributed by atoms with Gasteiger partial charge in [0, 0.05) is 10.4 Å². The first-order valence-electron chi connectivity index (χ1n) is 8.30. The van der Waals surface area contributed by atoms with Gasteiger partial charge in [-0.1, -0.05) is 6.92 Å². The van der Waals surface area contributed by atoms with Gasteiger partial charge in [0.15, 0.2) is 12.7 Å². The number of esters is 1. The average Bonchev–Trinajstić information content (AvgIpc) is 3.01. The molecule has 26 heavy (non-hydrogen) atoms. The lowest BCUT2D eigenvalue weighted by Crippen LogP contribution is -2.27. The molecule has 0 aliphatic carbocycles. The van der Waals surface area contributed by atoms with Gasteiger partial charge in [-0.2, -0.15) is 0 Å². The van der Waals surface area contributed by atoms with E-state index in [1.807, 2.05) is 19.9 Å². The minimum Gasteiger partial charge on any atom is -0.482 e. The molecule has 3 rings (SSSR count). The first kappa shape index (κ1) is 18.1. The SMILES string of the molecule is CCc1cc(C(=O)OC(C)C(=O)c2ccc3c(c2)NC(=O)CO3)sc1C. The fraction of sp³-hybridized carbons (Fsp3) is 0.316. The molecule has 1 aromatic heterocycles. The van der Waals surface area contributed by atoms with Crippen molar-refractivity contribution in [3.05, 3.63) is 45.1 Å². The van der Waals surface area contributed by atoms with Crippen LogP contribution in [0.15, 0.2) is 24.3 Å². The molecule has 136 valence electrons. The van der Waals surface area contributed by atoms with Crippen molar-refractivity contribution in [3.63, 3.8) is 0 Å². The zero-order valence-corrected chi connectivity index (χ0v) is 15.6. The van der Waals surface area contributed by atoms with Crippen LogP contribution in [0.4, 0.5) is 5.69 Å². The molecule has 2 aromatic rings. The molecule has 1 atom stereocenters. The van der Waals surface area contributed by atoms with Crippen LogP contribution < -0.4 is 10.1 Å². The second-order valence-corrected chi connectivity index (χ2v) is 7.26. The first-order valence-corrected chi connectivity index (χ1v) is 9.12. The molecule has 0 saturated carbocycles.